The highest BCUT2D eigenvalue weighted by Crippen LogP contribution is 2.45. The van der Waals surface area contributed by atoms with Crippen LogP contribution < -0.4 is 20.9 Å². The molecule has 1 heterocycles. The van der Waals surface area contributed by atoms with Crippen molar-refractivity contribution >= 4 is 24.4 Å². The molecule has 0 fully saturated rings. The summed E-state index contributed by atoms with van der Waals surface area (Å²) in [6, 6.07) is 4.90. The molecule has 0 amide bonds. The first kappa shape index (κ1) is 31.3. The molecule has 0 saturated carbocycles. The smallest absolute Gasteiger partial charge is 0.330 e. The second kappa shape index (κ2) is 14.3. The fourth-order valence-corrected chi connectivity index (χ4v) is 5.30. The van der Waals surface area contributed by atoms with E-state index in [0.717, 1.165) is 29.0 Å². The second-order valence-electron chi connectivity index (χ2n) is 8.12. The molecular formula is C23H29FN3O9PS. The molecule has 0 bridgehead atoms. The first-order chi connectivity index (χ1) is 17.9. The molecule has 5 atom stereocenters. The van der Waals surface area contributed by atoms with E-state index in [0.29, 0.717) is 0 Å². The zero-order chi connectivity index (χ0) is 28.5. The Kier molecular flexibility index (Phi) is 11.8. The summed E-state index contributed by atoms with van der Waals surface area (Å²) in [7, 11) is 0. The van der Waals surface area contributed by atoms with Crippen LogP contribution in [0.2, 0.25) is 0 Å². The average molecular weight is 574 g/mol. The van der Waals surface area contributed by atoms with E-state index in [1.807, 2.05) is 4.98 Å². The fourth-order valence-electron chi connectivity index (χ4n) is 2.88. The van der Waals surface area contributed by atoms with Crippen molar-refractivity contribution in [1.82, 2.24) is 14.6 Å². The maximum atomic E-state index is 13.4. The summed E-state index contributed by atoms with van der Waals surface area (Å²) < 4.78 is 36.6. The van der Waals surface area contributed by atoms with Crippen LogP contribution in [0.25, 0.3) is 0 Å². The average Bonchev–Trinajstić information content (AvgIpc) is 2.85. The van der Waals surface area contributed by atoms with E-state index in [2.05, 4.69) is 11.0 Å². The quantitative estimate of drug-likeness (QED) is 0.144. The van der Waals surface area contributed by atoms with Crippen LogP contribution in [0, 0.1) is 18.2 Å². The molecule has 0 aliphatic carbocycles. The number of halogens is 1. The van der Waals surface area contributed by atoms with Crippen molar-refractivity contribution in [2.24, 2.45) is 0 Å². The molecule has 15 heteroatoms. The van der Waals surface area contributed by atoms with E-state index < -0.39 is 73.5 Å². The van der Waals surface area contributed by atoms with Crippen molar-refractivity contribution in [3.63, 3.8) is 0 Å². The molecule has 1 aromatic carbocycles. The number of rotatable bonds is 14. The van der Waals surface area contributed by atoms with Gasteiger partial charge in [0, 0.05) is 12.3 Å². The molecule has 208 valence electrons. The topological polar surface area (TPSA) is 161 Å². The number of carbonyl (C=O) groups excluding carboxylic acids is 1. The van der Waals surface area contributed by atoms with Gasteiger partial charge in [-0.25, -0.2) is 14.3 Å². The number of carbonyl (C=O) groups is 1. The summed E-state index contributed by atoms with van der Waals surface area (Å²) in [6.07, 6.45) is 1.70. The van der Waals surface area contributed by atoms with E-state index in [4.69, 9.17) is 36.8 Å². The third kappa shape index (κ3) is 9.45. The van der Waals surface area contributed by atoms with Crippen molar-refractivity contribution in [1.29, 1.82) is 0 Å². The first-order valence-corrected chi connectivity index (χ1v) is 13.9. The number of hydrogen-bond donors (Lipinski definition) is 4. The normalized spacial score (nSPS) is 16.1. The Hall–Kier alpha value is -2.89. The zero-order valence-electron chi connectivity index (χ0n) is 20.8. The number of aromatic amines is 1. The molecular weight excluding hydrogens is 544 g/mol. The van der Waals surface area contributed by atoms with Gasteiger partial charge in [-0.2, -0.15) is 0 Å². The third-order valence-electron chi connectivity index (χ3n) is 4.68. The number of esters is 1. The van der Waals surface area contributed by atoms with E-state index in [9.17, 15) is 29.0 Å². The number of benzene rings is 1. The lowest BCUT2D eigenvalue weighted by Gasteiger charge is -2.30. The van der Waals surface area contributed by atoms with Crippen molar-refractivity contribution < 1.29 is 37.9 Å². The maximum Gasteiger partial charge on any atom is 0.330 e. The van der Waals surface area contributed by atoms with E-state index in [-0.39, 0.29) is 5.75 Å². The van der Waals surface area contributed by atoms with Crippen LogP contribution in [0.15, 0.2) is 46.1 Å². The minimum Gasteiger partial charge on any atom is -0.462 e. The standard InChI is InChI=1S/C23H29FN3O9PS/c1-5-18(29)19(35-21(12-28)27-11-10-20(30)25-23(27)32)13-33-37(38,26-15(4)22(31)34-14(2)3)36-17-8-6-16(24)7-9-17/h1,6-11,14-15,18-19,21,28-29H,12-13H2,2-4H3,(H,26,38)(H,25,30,32)/t15?,18-,19?,21+,37?/m0/s1. The van der Waals surface area contributed by atoms with Gasteiger partial charge in [0.15, 0.2) is 6.23 Å². The van der Waals surface area contributed by atoms with Gasteiger partial charge in [0.1, 0.15) is 29.8 Å². The Morgan fingerprint density at radius 1 is 1.26 bits per heavy atom. The molecule has 1 aromatic heterocycles. The van der Waals surface area contributed by atoms with E-state index >= 15 is 0 Å². The molecule has 0 aliphatic rings. The van der Waals surface area contributed by atoms with Gasteiger partial charge in [-0.15, -0.1) is 6.42 Å². The number of aromatic nitrogens is 2. The summed E-state index contributed by atoms with van der Waals surface area (Å²) in [5.74, 6) is 1.02. The Labute approximate surface area is 222 Å². The zero-order valence-corrected chi connectivity index (χ0v) is 22.5. The molecule has 0 saturated heterocycles. The summed E-state index contributed by atoms with van der Waals surface area (Å²) in [5.41, 5.74) is -1.54. The number of ether oxygens (including phenoxy) is 2. The highest BCUT2D eigenvalue weighted by molar-refractivity contribution is 8.09. The molecule has 0 spiro atoms. The lowest BCUT2D eigenvalue weighted by molar-refractivity contribution is -0.149. The van der Waals surface area contributed by atoms with Crippen LogP contribution >= 0.6 is 6.64 Å². The predicted molar refractivity (Wildman–Crippen MR) is 138 cm³/mol. The van der Waals surface area contributed by atoms with Crippen LogP contribution in [0.1, 0.15) is 27.0 Å². The molecule has 2 aromatic rings. The largest absolute Gasteiger partial charge is 0.462 e. The minimum atomic E-state index is -3.63. The highest BCUT2D eigenvalue weighted by Gasteiger charge is 2.32. The minimum absolute atomic E-state index is 0.120. The van der Waals surface area contributed by atoms with Gasteiger partial charge in [0.25, 0.3) is 5.56 Å². The molecule has 38 heavy (non-hydrogen) atoms. The number of aliphatic hydroxyl groups excluding tert-OH is 2. The van der Waals surface area contributed by atoms with Crippen molar-refractivity contribution in [2.75, 3.05) is 13.2 Å². The van der Waals surface area contributed by atoms with Crippen LogP contribution in [-0.2, 0) is 30.6 Å². The SMILES string of the molecule is C#C[C@H](O)C(COP(=S)(NC(C)C(=O)OC(C)C)Oc1ccc(F)cc1)O[C@H](CO)n1ccc(=O)[nH]c1=O. The Morgan fingerprint density at radius 2 is 1.92 bits per heavy atom. The molecule has 4 N–H and O–H groups in total. The Bertz CT molecular complexity index is 1280. The lowest BCUT2D eigenvalue weighted by atomic mass is 10.2. The molecule has 3 unspecified atom stereocenters. The summed E-state index contributed by atoms with van der Waals surface area (Å²) >= 11 is 5.56. The van der Waals surface area contributed by atoms with Crippen LogP contribution in [0.4, 0.5) is 4.39 Å². The van der Waals surface area contributed by atoms with Crippen molar-refractivity contribution in [3.05, 3.63) is 63.2 Å². The molecule has 0 radical (unpaired) electrons. The number of terminal acetylenes is 1. The Morgan fingerprint density at radius 3 is 2.47 bits per heavy atom. The molecule has 12 nitrogen and oxygen atoms in total. The van der Waals surface area contributed by atoms with Gasteiger partial charge in [-0.3, -0.25) is 19.1 Å². The number of H-pyrrole nitrogens is 1. The van der Waals surface area contributed by atoms with Gasteiger partial charge in [0.2, 0.25) is 0 Å². The second-order valence-corrected chi connectivity index (χ2v) is 11.3. The van der Waals surface area contributed by atoms with Crippen molar-refractivity contribution in [2.45, 2.75) is 51.4 Å². The van der Waals surface area contributed by atoms with Crippen LogP contribution in [0.5, 0.6) is 5.75 Å². The third-order valence-corrected chi connectivity index (χ3v) is 7.18. The van der Waals surface area contributed by atoms with Crippen LogP contribution in [-0.4, -0.2) is 63.3 Å². The summed E-state index contributed by atoms with van der Waals surface area (Å²) in [5, 5.41) is 22.9. The highest BCUT2D eigenvalue weighted by atomic mass is 32.5. The van der Waals surface area contributed by atoms with Crippen LogP contribution in [0.3, 0.4) is 0 Å². The van der Waals surface area contributed by atoms with Crippen molar-refractivity contribution in [3.8, 4) is 18.1 Å². The van der Waals surface area contributed by atoms with Gasteiger partial charge < -0.3 is 28.7 Å². The van der Waals surface area contributed by atoms with Gasteiger partial charge in [0.05, 0.1) is 19.3 Å². The lowest BCUT2D eigenvalue weighted by Crippen LogP contribution is -2.41. The molecule has 0 aliphatic heterocycles. The monoisotopic (exact) mass is 573 g/mol. The number of nitrogens with one attached hydrogen (secondary N) is 2. The molecule has 2 rings (SSSR count). The van der Waals surface area contributed by atoms with E-state index in [1.54, 1.807) is 13.8 Å². The van der Waals surface area contributed by atoms with E-state index in [1.165, 1.54) is 19.1 Å². The Balaban J connectivity index is 2.30. The maximum absolute atomic E-state index is 13.4. The summed E-state index contributed by atoms with van der Waals surface area (Å²) in [6.45, 7) is -0.0974. The number of aliphatic hydroxyl groups is 2. The number of hydrogen-bond acceptors (Lipinski definition) is 10. The van der Waals surface area contributed by atoms with Gasteiger partial charge in [-0.1, -0.05) is 5.92 Å². The summed E-state index contributed by atoms with van der Waals surface area (Å²) in [4.78, 5) is 37.9. The fraction of sp³-hybridized carbons (Fsp3) is 0.435. The first-order valence-electron chi connectivity index (χ1n) is 11.3. The predicted octanol–water partition coefficient (Wildman–Crippen LogP) is 0.796. The van der Waals surface area contributed by atoms with Gasteiger partial charge in [-0.05, 0) is 56.8 Å². The number of nitrogens with zero attached hydrogens (tertiary/aromatic N) is 1. The van der Waals surface area contributed by atoms with Gasteiger partial charge >= 0.3 is 18.3 Å².